The molecule has 3 heteroatoms. The topological polar surface area (TPSA) is 40.5 Å². The minimum atomic E-state index is 0.0231. The van der Waals surface area contributed by atoms with Gasteiger partial charge < -0.3 is 10.0 Å². The highest BCUT2D eigenvalue weighted by molar-refractivity contribution is 5.95. The van der Waals surface area contributed by atoms with Gasteiger partial charge in [-0.3, -0.25) is 4.79 Å². The van der Waals surface area contributed by atoms with Crippen LogP contribution in [0, 0.1) is 0 Å². The maximum Gasteiger partial charge on any atom is 0.227 e. The van der Waals surface area contributed by atoms with Crippen LogP contribution in [0.4, 0.5) is 5.69 Å². The van der Waals surface area contributed by atoms with Gasteiger partial charge >= 0.3 is 0 Å². The van der Waals surface area contributed by atoms with Crippen molar-refractivity contribution in [1.29, 1.82) is 0 Å². The number of carbonyl (C=O) groups excluding carboxylic acids is 1. The summed E-state index contributed by atoms with van der Waals surface area (Å²) in [5, 5.41) is 8.99. The van der Waals surface area contributed by atoms with Gasteiger partial charge in [-0.1, -0.05) is 12.1 Å². The Kier molecular flexibility index (Phi) is 2.25. The van der Waals surface area contributed by atoms with E-state index in [1.165, 1.54) is 5.56 Å². The molecule has 1 aliphatic rings. The van der Waals surface area contributed by atoms with Crippen molar-refractivity contribution >= 4 is 11.6 Å². The molecule has 0 atom stereocenters. The number of fused-ring (bicyclic) bond motifs is 1. The molecule has 1 aromatic rings. The quantitative estimate of drug-likeness (QED) is 0.721. The lowest BCUT2D eigenvalue weighted by Crippen LogP contribution is -2.31. The molecular formula is C11H13NO2. The van der Waals surface area contributed by atoms with Crippen molar-refractivity contribution in [2.45, 2.75) is 19.4 Å². The van der Waals surface area contributed by atoms with Crippen LogP contribution < -0.4 is 4.90 Å². The van der Waals surface area contributed by atoms with Crippen molar-refractivity contribution in [1.82, 2.24) is 0 Å². The van der Waals surface area contributed by atoms with Crippen LogP contribution in [0.5, 0.6) is 0 Å². The number of aliphatic hydroxyl groups excluding tert-OH is 1. The Morgan fingerprint density at radius 2 is 2.21 bits per heavy atom. The smallest absolute Gasteiger partial charge is 0.227 e. The summed E-state index contributed by atoms with van der Waals surface area (Å²) in [6.45, 7) is 0.0231. The number of anilines is 1. The van der Waals surface area contributed by atoms with Crippen LogP contribution >= 0.6 is 0 Å². The second-order valence-electron chi connectivity index (χ2n) is 3.57. The van der Waals surface area contributed by atoms with Gasteiger partial charge in [0.1, 0.15) is 0 Å². The molecule has 1 amide bonds. The Balaban J connectivity index is 2.46. The van der Waals surface area contributed by atoms with Crippen molar-refractivity contribution in [3.05, 3.63) is 29.3 Å². The number of aryl methyl sites for hydroxylation is 1. The van der Waals surface area contributed by atoms with E-state index in [-0.39, 0.29) is 12.5 Å². The Morgan fingerprint density at radius 1 is 1.43 bits per heavy atom. The van der Waals surface area contributed by atoms with Crippen LogP contribution in [0.15, 0.2) is 18.2 Å². The zero-order chi connectivity index (χ0) is 10.1. The Bertz CT molecular complexity index is 374. The van der Waals surface area contributed by atoms with Crippen LogP contribution in [-0.4, -0.2) is 18.1 Å². The average Bonchev–Trinajstić information content (AvgIpc) is 2.23. The minimum absolute atomic E-state index is 0.0231. The molecule has 0 aliphatic carbocycles. The third-order valence-corrected chi connectivity index (χ3v) is 2.68. The van der Waals surface area contributed by atoms with Gasteiger partial charge in [0.05, 0.1) is 6.61 Å². The molecule has 1 aromatic carbocycles. The summed E-state index contributed by atoms with van der Waals surface area (Å²) in [7, 11) is 1.78. The van der Waals surface area contributed by atoms with Crippen molar-refractivity contribution in [3.63, 3.8) is 0 Å². The maximum absolute atomic E-state index is 11.4. The summed E-state index contributed by atoms with van der Waals surface area (Å²) in [5.41, 5.74) is 2.97. The number of rotatable bonds is 1. The highest BCUT2D eigenvalue weighted by atomic mass is 16.3. The molecule has 2 rings (SSSR count). The molecule has 3 nitrogen and oxygen atoms in total. The standard InChI is InChI=1S/C11H13NO2/c1-12-10-6-8(7-13)2-3-9(10)4-5-11(12)14/h2-3,6,13H,4-5,7H2,1H3. The summed E-state index contributed by atoms with van der Waals surface area (Å²) in [6.07, 6.45) is 1.40. The highest BCUT2D eigenvalue weighted by Crippen LogP contribution is 2.27. The molecule has 0 spiro atoms. The molecule has 0 bridgehead atoms. The second kappa shape index (κ2) is 3.42. The molecule has 0 radical (unpaired) electrons. The van der Waals surface area contributed by atoms with Crippen LogP contribution in [0.2, 0.25) is 0 Å². The lowest BCUT2D eigenvalue weighted by Gasteiger charge is -2.26. The second-order valence-corrected chi connectivity index (χ2v) is 3.57. The molecule has 0 fully saturated rings. The molecule has 14 heavy (non-hydrogen) atoms. The third-order valence-electron chi connectivity index (χ3n) is 2.68. The monoisotopic (exact) mass is 191 g/mol. The van der Waals surface area contributed by atoms with Gasteiger partial charge in [-0.15, -0.1) is 0 Å². The van der Waals surface area contributed by atoms with Crippen LogP contribution in [0.3, 0.4) is 0 Å². The zero-order valence-corrected chi connectivity index (χ0v) is 8.16. The number of aliphatic hydroxyl groups is 1. The van der Waals surface area contributed by atoms with E-state index < -0.39 is 0 Å². The number of nitrogens with zero attached hydrogens (tertiary/aromatic N) is 1. The fourth-order valence-corrected chi connectivity index (χ4v) is 1.78. The summed E-state index contributed by atoms with van der Waals surface area (Å²) in [4.78, 5) is 13.1. The number of hydrogen-bond donors (Lipinski definition) is 1. The first-order valence-corrected chi connectivity index (χ1v) is 4.71. The first-order chi connectivity index (χ1) is 6.72. The first kappa shape index (κ1) is 9.21. The van der Waals surface area contributed by atoms with Crippen LogP contribution in [0.25, 0.3) is 0 Å². The van der Waals surface area contributed by atoms with Crippen LogP contribution in [0.1, 0.15) is 17.5 Å². The predicted octanol–water partition coefficient (Wildman–Crippen LogP) is 1.09. The van der Waals surface area contributed by atoms with Crippen molar-refractivity contribution < 1.29 is 9.90 Å². The van der Waals surface area contributed by atoms with Gasteiger partial charge in [-0.05, 0) is 23.6 Å². The predicted molar refractivity (Wildman–Crippen MR) is 54.1 cm³/mol. The summed E-state index contributed by atoms with van der Waals surface area (Å²) in [6, 6.07) is 5.78. The fourth-order valence-electron chi connectivity index (χ4n) is 1.78. The molecule has 0 aromatic heterocycles. The Labute approximate surface area is 83.0 Å². The van der Waals surface area contributed by atoms with Gasteiger partial charge in [0.15, 0.2) is 0 Å². The van der Waals surface area contributed by atoms with E-state index in [0.717, 1.165) is 17.7 Å². The normalized spacial score (nSPS) is 15.6. The van der Waals surface area contributed by atoms with E-state index in [2.05, 4.69) is 0 Å². The van der Waals surface area contributed by atoms with E-state index in [1.54, 1.807) is 11.9 Å². The highest BCUT2D eigenvalue weighted by Gasteiger charge is 2.20. The van der Waals surface area contributed by atoms with Crippen molar-refractivity contribution in [2.24, 2.45) is 0 Å². The largest absolute Gasteiger partial charge is 0.392 e. The molecule has 1 N–H and O–H groups in total. The van der Waals surface area contributed by atoms with Gasteiger partial charge in [0.2, 0.25) is 5.91 Å². The number of amides is 1. The number of hydrogen-bond acceptors (Lipinski definition) is 2. The summed E-state index contributed by atoms with van der Waals surface area (Å²) in [5.74, 6) is 0.146. The molecule has 0 unspecified atom stereocenters. The van der Waals surface area contributed by atoms with Gasteiger partial charge in [-0.2, -0.15) is 0 Å². The van der Waals surface area contributed by atoms with Gasteiger partial charge in [-0.25, -0.2) is 0 Å². The fraction of sp³-hybridized carbons (Fsp3) is 0.364. The number of carbonyl (C=O) groups is 1. The van der Waals surface area contributed by atoms with Crippen molar-refractivity contribution in [2.75, 3.05) is 11.9 Å². The molecular weight excluding hydrogens is 178 g/mol. The molecule has 1 aliphatic heterocycles. The molecule has 1 heterocycles. The lowest BCUT2D eigenvalue weighted by molar-refractivity contribution is -0.118. The van der Waals surface area contributed by atoms with Gasteiger partial charge in [0.25, 0.3) is 0 Å². The third kappa shape index (κ3) is 1.40. The van der Waals surface area contributed by atoms with E-state index in [0.29, 0.717) is 6.42 Å². The molecule has 74 valence electrons. The average molecular weight is 191 g/mol. The van der Waals surface area contributed by atoms with E-state index in [1.807, 2.05) is 18.2 Å². The van der Waals surface area contributed by atoms with E-state index in [9.17, 15) is 4.79 Å². The minimum Gasteiger partial charge on any atom is -0.392 e. The summed E-state index contributed by atoms with van der Waals surface area (Å²) < 4.78 is 0. The van der Waals surface area contributed by atoms with E-state index in [4.69, 9.17) is 5.11 Å². The van der Waals surface area contributed by atoms with Gasteiger partial charge in [0, 0.05) is 19.2 Å². The van der Waals surface area contributed by atoms with E-state index >= 15 is 0 Å². The van der Waals surface area contributed by atoms with Crippen LogP contribution in [-0.2, 0) is 17.8 Å². The SMILES string of the molecule is CN1C(=O)CCc2ccc(CO)cc21. The zero-order valence-electron chi connectivity index (χ0n) is 8.16. The maximum atomic E-state index is 11.4. The first-order valence-electron chi connectivity index (χ1n) is 4.71. The van der Waals surface area contributed by atoms with Crippen molar-refractivity contribution in [3.8, 4) is 0 Å². The number of benzene rings is 1. The molecule has 0 saturated heterocycles. The Morgan fingerprint density at radius 3 is 2.93 bits per heavy atom. The lowest BCUT2D eigenvalue weighted by atomic mass is 10.00. The summed E-state index contributed by atoms with van der Waals surface area (Å²) >= 11 is 0. The molecule has 0 saturated carbocycles. The Hall–Kier alpha value is -1.35.